The van der Waals surface area contributed by atoms with E-state index in [4.69, 9.17) is 32.7 Å². The van der Waals surface area contributed by atoms with Gasteiger partial charge in [-0.3, -0.25) is 9.59 Å². The molecule has 1 aliphatic heterocycles. The van der Waals surface area contributed by atoms with Crippen LogP contribution in [0.15, 0.2) is 35.3 Å². The van der Waals surface area contributed by atoms with Crippen LogP contribution in [-0.2, 0) is 6.54 Å². The molecule has 150 valence electrons. The number of ether oxygens (including phenoxy) is 2. The standard InChI is InChI=1S/C20H17Cl2N3O4/c1-11-7-14(16(26)10-24-20(27)19(22)15(21)9-23-24)12(2)25(11)13-3-4-17-18(8-13)29-6-5-28-17/h3-4,7-9H,5-6,10H2,1-2H3. The molecule has 4 rings (SSSR count). The van der Waals surface area contributed by atoms with Gasteiger partial charge in [-0.25, -0.2) is 4.68 Å². The van der Waals surface area contributed by atoms with Gasteiger partial charge in [-0.15, -0.1) is 0 Å². The average Bonchev–Trinajstić information content (AvgIpc) is 3.02. The van der Waals surface area contributed by atoms with Gasteiger partial charge in [-0.2, -0.15) is 5.10 Å². The molecule has 0 N–H and O–H groups in total. The highest BCUT2D eigenvalue weighted by Crippen LogP contribution is 2.33. The summed E-state index contributed by atoms with van der Waals surface area (Å²) in [4.78, 5) is 25.1. The molecule has 29 heavy (non-hydrogen) atoms. The number of benzene rings is 1. The van der Waals surface area contributed by atoms with E-state index in [0.717, 1.165) is 21.8 Å². The summed E-state index contributed by atoms with van der Waals surface area (Å²) in [5.41, 5.74) is 2.37. The lowest BCUT2D eigenvalue weighted by molar-refractivity contribution is 0.0965. The van der Waals surface area contributed by atoms with Crippen LogP contribution in [-0.4, -0.2) is 33.3 Å². The highest BCUT2D eigenvalue weighted by Gasteiger charge is 2.20. The van der Waals surface area contributed by atoms with Gasteiger partial charge in [-0.05, 0) is 32.0 Å². The van der Waals surface area contributed by atoms with E-state index in [1.807, 2.05) is 36.6 Å². The van der Waals surface area contributed by atoms with Gasteiger partial charge in [0, 0.05) is 28.7 Å². The van der Waals surface area contributed by atoms with Crippen LogP contribution in [0.4, 0.5) is 0 Å². The Hall–Kier alpha value is -2.77. The van der Waals surface area contributed by atoms with Crippen molar-refractivity contribution in [3.05, 3.63) is 67.8 Å². The first-order valence-electron chi connectivity index (χ1n) is 8.90. The molecule has 0 amide bonds. The molecule has 0 atom stereocenters. The van der Waals surface area contributed by atoms with Gasteiger partial charge in [0.15, 0.2) is 17.3 Å². The molecule has 0 saturated carbocycles. The minimum absolute atomic E-state index is 0.0529. The molecular formula is C20H17Cl2N3O4. The second-order valence-electron chi connectivity index (χ2n) is 6.64. The minimum Gasteiger partial charge on any atom is -0.486 e. The normalized spacial score (nSPS) is 12.8. The Bertz CT molecular complexity index is 1180. The van der Waals surface area contributed by atoms with Gasteiger partial charge in [0.1, 0.15) is 24.8 Å². The fraction of sp³-hybridized carbons (Fsp3) is 0.250. The molecule has 0 unspecified atom stereocenters. The summed E-state index contributed by atoms with van der Waals surface area (Å²) in [7, 11) is 0. The molecule has 1 aliphatic rings. The van der Waals surface area contributed by atoms with E-state index in [2.05, 4.69) is 5.10 Å². The Balaban J connectivity index is 1.68. The van der Waals surface area contributed by atoms with Crippen molar-refractivity contribution in [2.24, 2.45) is 0 Å². The Morgan fingerprint density at radius 1 is 1.14 bits per heavy atom. The predicted octanol–water partition coefficient (Wildman–Crippen LogP) is 3.61. The quantitative estimate of drug-likeness (QED) is 0.587. The third-order valence-corrected chi connectivity index (χ3v) is 5.50. The Labute approximate surface area is 176 Å². The summed E-state index contributed by atoms with van der Waals surface area (Å²) < 4.78 is 14.2. The molecule has 0 aliphatic carbocycles. The van der Waals surface area contributed by atoms with Crippen LogP contribution < -0.4 is 15.0 Å². The van der Waals surface area contributed by atoms with E-state index in [1.54, 1.807) is 6.07 Å². The van der Waals surface area contributed by atoms with E-state index < -0.39 is 5.56 Å². The average molecular weight is 434 g/mol. The van der Waals surface area contributed by atoms with Gasteiger partial charge >= 0.3 is 0 Å². The second kappa shape index (κ2) is 7.57. The van der Waals surface area contributed by atoms with E-state index in [9.17, 15) is 9.59 Å². The molecule has 7 nitrogen and oxygen atoms in total. The molecule has 9 heteroatoms. The molecule has 3 aromatic rings. The lowest BCUT2D eigenvalue weighted by Gasteiger charge is -2.20. The van der Waals surface area contributed by atoms with Crippen molar-refractivity contribution in [1.82, 2.24) is 14.3 Å². The highest BCUT2D eigenvalue weighted by atomic mass is 35.5. The number of halogens is 2. The first kappa shape index (κ1) is 19.5. The lowest BCUT2D eigenvalue weighted by atomic mass is 10.1. The summed E-state index contributed by atoms with van der Waals surface area (Å²) >= 11 is 11.7. The zero-order valence-electron chi connectivity index (χ0n) is 15.7. The number of aryl methyl sites for hydroxylation is 1. The van der Waals surface area contributed by atoms with Crippen molar-refractivity contribution < 1.29 is 14.3 Å². The summed E-state index contributed by atoms with van der Waals surface area (Å²) in [6.45, 7) is 4.54. The number of nitrogens with zero attached hydrogens (tertiary/aromatic N) is 3. The first-order valence-corrected chi connectivity index (χ1v) is 9.65. The van der Waals surface area contributed by atoms with E-state index >= 15 is 0 Å². The summed E-state index contributed by atoms with van der Waals surface area (Å²) in [6.07, 6.45) is 1.25. The molecule has 0 saturated heterocycles. The number of aromatic nitrogens is 3. The van der Waals surface area contributed by atoms with E-state index in [-0.39, 0.29) is 22.4 Å². The van der Waals surface area contributed by atoms with Crippen molar-refractivity contribution >= 4 is 29.0 Å². The van der Waals surface area contributed by atoms with Crippen molar-refractivity contribution in [3.8, 4) is 17.2 Å². The SMILES string of the molecule is Cc1cc(C(=O)Cn2ncc(Cl)c(Cl)c2=O)c(C)n1-c1ccc2c(c1)OCCO2. The Kier molecular flexibility index (Phi) is 5.10. The number of Topliss-reactive ketones (excluding diaryl/α,β-unsaturated/α-hetero) is 1. The number of hydrogen-bond donors (Lipinski definition) is 0. The molecule has 3 heterocycles. The fourth-order valence-electron chi connectivity index (χ4n) is 3.39. The van der Waals surface area contributed by atoms with Crippen molar-refractivity contribution in [2.45, 2.75) is 20.4 Å². The van der Waals surface area contributed by atoms with Crippen LogP contribution in [0, 0.1) is 13.8 Å². The van der Waals surface area contributed by atoms with Crippen molar-refractivity contribution in [2.75, 3.05) is 13.2 Å². The number of fused-ring (bicyclic) bond motifs is 1. The monoisotopic (exact) mass is 433 g/mol. The van der Waals surface area contributed by atoms with Gasteiger partial charge in [0.05, 0.1) is 11.2 Å². The summed E-state index contributed by atoms with van der Waals surface area (Å²) in [5.74, 6) is 1.11. The largest absolute Gasteiger partial charge is 0.486 e. The van der Waals surface area contributed by atoms with Crippen LogP contribution in [0.1, 0.15) is 21.7 Å². The third-order valence-electron chi connectivity index (χ3n) is 4.75. The fourth-order valence-corrected chi connectivity index (χ4v) is 3.66. The van der Waals surface area contributed by atoms with Gasteiger partial charge in [0.2, 0.25) is 0 Å². The molecule has 0 fully saturated rings. The molecule has 0 bridgehead atoms. The Morgan fingerprint density at radius 2 is 1.86 bits per heavy atom. The smallest absolute Gasteiger partial charge is 0.287 e. The second-order valence-corrected chi connectivity index (χ2v) is 7.43. The summed E-state index contributed by atoms with van der Waals surface area (Å²) in [5, 5.41) is 3.80. The minimum atomic E-state index is -0.604. The number of carbonyl (C=O) groups is 1. The number of hydrogen-bond acceptors (Lipinski definition) is 5. The van der Waals surface area contributed by atoms with E-state index in [1.165, 1.54) is 6.20 Å². The lowest BCUT2D eigenvalue weighted by Crippen LogP contribution is -2.27. The predicted molar refractivity (Wildman–Crippen MR) is 109 cm³/mol. The number of rotatable bonds is 4. The van der Waals surface area contributed by atoms with Crippen LogP contribution in [0.5, 0.6) is 11.5 Å². The zero-order valence-corrected chi connectivity index (χ0v) is 17.3. The summed E-state index contributed by atoms with van der Waals surface area (Å²) in [6, 6.07) is 7.43. The zero-order chi connectivity index (χ0) is 20.7. The molecule has 1 aromatic carbocycles. The van der Waals surface area contributed by atoms with Crippen LogP contribution >= 0.6 is 23.2 Å². The van der Waals surface area contributed by atoms with Crippen molar-refractivity contribution in [1.29, 1.82) is 0 Å². The molecule has 0 spiro atoms. The van der Waals surface area contributed by atoms with Crippen LogP contribution in [0.25, 0.3) is 5.69 Å². The molecule has 0 radical (unpaired) electrons. The van der Waals surface area contributed by atoms with E-state index in [0.29, 0.717) is 30.3 Å². The maximum atomic E-state index is 12.9. The number of carbonyl (C=O) groups excluding carboxylic acids is 1. The Morgan fingerprint density at radius 3 is 2.62 bits per heavy atom. The van der Waals surface area contributed by atoms with Gasteiger partial charge < -0.3 is 14.0 Å². The third kappa shape index (κ3) is 3.52. The highest BCUT2D eigenvalue weighted by molar-refractivity contribution is 6.41. The topological polar surface area (TPSA) is 75.4 Å². The maximum Gasteiger partial charge on any atom is 0.287 e. The van der Waals surface area contributed by atoms with Crippen LogP contribution in [0.2, 0.25) is 10.0 Å². The number of ketones is 1. The maximum absolute atomic E-state index is 12.9. The molecular weight excluding hydrogens is 417 g/mol. The first-order chi connectivity index (χ1) is 13.9. The molecule has 2 aromatic heterocycles. The van der Waals surface area contributed by atoms with Crippen molar-refractivity contribution in [3.63, 3.8) is 0 Å². The van der Waals surface area contributed by atoms with Gasteiger partial charge in [0.25, 0.3) is 5.56 Å². The van der Waals surface area contributed by atoms with Crippen LogP contribution in [0.3, 0.4) is 0 Å². The van der Waals surface area contributed by atoms with Gasteiger partial charge in [-0.1, -0.05) is 23.2 Å².